The molecule has 1 unspecified atom stereocenters. The molecule has 0 fully saturated rings. The first-order chi connectivity index (χ1) is 8.06. The molecule has 0 spiro atoms. The van der Waals surface area contributed by atoms with Crippen LogP contribution in [0.25, 0.3) is 0 Å². The summed E-state index contributed by atoms with van der Waals surface area (Å²) in [5.74, 6) is -0.879. The van der Waals surface area contributed by atoms with Gasteiger partial charge in [-0.05, 0) is 19.4 Å². The van der Waals surface area contributed by atoms with E-state index in [1.54, 1.807) is 6.92 Å². The zero-order valence-electron chi connectivity index (χ0n) is 9.75. The van der Waals surface area contributed by atoms with Gasteiger partial charge in [0, 0.05) is 6.07 Å². The number of hydrogen-bond acceptors (Lipinski definition) is 5. The molecule has 0 radical (unpaired) electrons. The van der Waals surface area contributed by atoms with Gasteiger partial charge in [0.05, 0.1) is 23.1 Å². The van der Waals surface area contributed by atoms with Gasteiger partial charge in [0.2, 0.25) is 0 Å². The van der Waals surface area contributed by atoms with Crippen molar-refractivity contribution in [2.24, 2.45) is 0 Å². The van der Waals surface area contributed by atoms with E-state index >= 15 is 0 Å². The van der Waals surface area contributed by atoms with E-state index in [0.29, 0.717) is 12.3 Å². The fraction of sp³-hybridized carbons (Fsp3) is 0.455. The third kappa shape index (κ3) is 3.51. The Labute approximate surface area is 98.8 Å². The molecule has 6 nitrogen and oxygen atoms in total. The van der Waals surface area contributed by atoms with Crippen LogP contribution >= 0.6 is 0 Å². The summed E-state index contributed by atoms with van der Waals surface area (Å²) < 4.78 is 4.97. The number of nitrogens with zero attached hydrogens (tertiary/aromatic N) is 2. The Morgan fingerprint density at radius 1 is 1.59 bits per heavy atom. The molecule has 0 saturated carbocycles. The summed E-state index contributed by atoms with van der Waals surface area (Å²) in [5.41, 5.74) is 0.375. The Morgan fingerprint density at radius 2 is 2.29 bits per heavy atom. The molecular weight excluding hydrogens is 224 g/mol. The monoisotopic (exact) mass is 238 g/mol. The highest BCUT2D eigenvalue weighted by molar-refractivity contribution is 5.77. The van der Waals surface area contributed by atoms with Crippen LogP contribution in [0.3, 0.4) is 0 Å². The molecule has 17 heavy (non-hydrogen) atoms. The quantitative estimate of drug-likeness (QED) is 0.445. The molecular formula is C11H14N2O4. The van der Waals surface area contributed by atoms with E-state index in [2.05, 4.69) is 4.98 Å². The van der Waals surface area contributed by atoms with E-state index in [0.717, 1.165) is 12.6 Å². The number of nitro groups is 1. The van der Waals surface area contributed by atoms with Crippen LogP contribution in [0.4, 0.5) is 5.69 Å². The highest BCUT2D eigenvalue weighted by Crippen LogP contribution is 2.17. The average Bonchev–Trinajstić information content (AvgIpc) is 2.35. The zero-order chi connectivity index (χ0) is 12.8. The first-order valence-corrected chi connectivity index (χ1v) is 5.33. The lowest BCUT2D eigenvalue weighted by atomic mass is 10.1. The molecule has 0 saturated heterocycles. The van der Waals surface area contributed by atoms with E-state index < -0.39 is 10.8 Å². The summed E-state index contributed by atoms with van der Waals surface area (Å²) >= 11 is 0. The lowest BCUT2D eigenvalue weighted by Crippen LogP contribution is -2.14. The molecule has 0 aliphatic heterocycles. The maximum Gasteiger partial charge on any atom is 0.314 e. The average molecular weight is 238 g/mol. The summed E-state index contributed by atoms with van der Waals surface area (Å²) in [6, 6.07) is 2.79. The van der Waals surface area contributed by atoms with Crippen molar-refractivity contribution in [1.29, 1.82) is 0 Å². The molecule has 0 aliphatic rings. The molecule has 1 heterocycles. The number of aromatic nitrogens is 1. The second-order valence-corrected chi connectivity index (χ2v) is 3.59. The maximum absolute atomic E-state index is 11.5. The van der Waals surface area contributed by atoms with Gasteiger partial charge in [-0.25, -0.2) is 0 Å². The van der Waals surface area contributed by atoms with Crippen molar-refractivity contribution in [2.75, 3.05) is 6.61 Å². The minimum absolute atomic E-state index is 0.0946. The van der Waals surface area contributed by atoms with E-state index in [9.17, 15) is 14.9 Å². The topological polar surface area (TPSA) is 82.3 Å². The third-order valence-corrected chi connectivity index (χ3v) is 2.23. The van der Waals surface area contributed by atoms with Crippen LogP contribution in [0.2, 0.25) is 0 Å². The highest BCUT2D eigenvalue weighted by atomic mass is 16.6. The summed E-state index contributed by atoms with van der Waals surface area (Å²) in [7, 11) is 0. The maximum atomic E-state index is 11.5. The van der Waals surface area contributed by atoms with Crippen molar-refractivity contribution in [1.82, 2.24) is 4.98 Å². The molecule has 1 rings (SSSR count). The van der Waals surface area contributed by atoms with Gasteiger partial charge in [-0.2, -0.15) is 0 Å². The van der Waals surface area contributed by atoms with Gasteiger partial charge in [0.25, 0.3) is 5.69 Å². The Morgan fingerprint density at radius 3 is 2.76 bits per heavy atom. The molecule has 6 heteroatoms. The summed E-state index contributed by atoms with van der Waals surface area (Å²) in [4.78, 5) is 25.3. The summed E-state index contributed by atoms with van der Waals surface area (Å²) in [5, 5.41) is 10.4. The zero-order valence-corrected chi connectivity index (χ0v) is 9.75. The largest absolute Gasteiger partial charge is 0.465 e. The molecule has 1 atom stereocenters. The molecule has 0 amide bonds. The van der Waals surface area contributed by atoms with E-state index in [4.69, 9.17) is 4.74 Å². The van der Waals surface area contributed by atoms with Crippen LogP contribution in [0.15, 0.2) is 18.3 Å². The Balaban J connectivity index is 2.72. The molecule has 0 bridgehead atoms. The summed E-state index contributed by atoms with van der Waals surface area (Å²) in [6.45, 7) is 3.93. The summed E-state index contributed by atoms with van der Waals surface area (Å²) in [6.07, 6.45) is 1.89. The Bertz CT molecular complexity index is 402. The Kier molecular flexibility index (Phi) is 4.56. The number of esters is 1. The van der Waals surface area contributed by atoms with Crippen LogP contribution in [-0.4, -0.2) is 22.5 Å². The number of hydrogen-bond donors (Lipinski definition) is 0. The predicted octanol–water partition coefficient (Wildman–Crippen LogP) is 2.05. The Hall–Kier alpha value is -1.98. The van der Waals surface area contributed by atoms with Crippen molar-refractivity contribution in [3.63, 3.8) is 0 Å². The number of carbonyl (C=O) groups excluding carboxylic acids is 1. The smallest absolute Gasteiger partial charge is 0.314 e. The molecule has 0 N–H and O–H groups in total. The van der Waals surface area contributed by atoms with Gasteiger partial charge in [-0.15, -0.1) is 0 Å². The van der Waals surface area contributed by atoms with Crippen molar-refractivity contribution >= 4 is 11.7 Å². The van der Waals surface area contributed by atoms with E-state index in [1.807, 2.05) is 6.92 Å². The fourth-order valence-electron chi connectivity index (χ4n) is 1.21. The number of carbonyl (C=O) groups is 1. The van der Waals surface area contributed by atoms with Gasteiger partial charge in [-0.1, -0.05) is 6.92 Å². The minimum atomic E-state index is -0.531. The van der Waals surface area contributed by atoms with Crippen LogP contribution < -0.4 is 0 Å². The molecule has 1 aromatic rings. The molecule has 0 aromatic carbocycles. The fourth-order valence-corrected chi connectivity index (χ4v) is 1.21. The van der Waals surface area contributed by atoms with Crippen LogP contribution in [0.5, 0.6) is 0 Å². The standard InChI is InChI=1S/C11H14N2O4/c1-3-6-17-11(14)8(2)10-5-4-9(7-12-10)13(15)16/h4-5,7-8H,3,6H2,1-2H3. The third-order valence-electron chi connectivity index (χ3n) is 2.23. The number of rotatable bonds is 5. The van der Waals surface area contributed by atoms with Crippen molar-refractivity contribution in [3.8, 4) is 0 Å². The van der Waals surface area contributed by atoms with E-state index in [1.165, 1.54) is 12.1 Å². The molecule has 1 aromatic heterocycles. The first kappa shape index (κ1) is 13.1. The van der Waals surface area contributed by atoms with Gasteiger partial charge < -0.3 is 4.74 Å². The van der Waals surface area contributed by atoms with Crippen LogP contribution in [0, 0.1) is 10.1 Å². The van der Waals surface area contributed by atoms with Gasteiger partial charge >= 0.3 is 5.97 Å². The van der Waals surface area contributed by atoms with Crippen LogP contribution in [-0.2, 0) is 9.53 Å². The molecule has 0 aliphatic carbocycles. The molecule has 92 valence electrons. The minimum Gasteiger partial charge on any atom is -0.465 e. The second kappa shape index (κ2) is 5.93. The van der Waals surface area contributed by atoms with E-state index in [-0.39, 0.29) is 11.7 Å². The SMILES string of the molecule is CCCOC(=O)C(C)c1ccc([N+](=O)[O-])cn1. The van der Waals surface area contributed by atoms with Crippen LogP contribution in [0.1, 0.15) is 31.9 Å². The lowest BCUT2D eigenvalue weighted by Gasteiger charge is -2.09. The highest BCUT2D eigenvalue weighted by Gasteiger charge is 2.18. The first-order valence-electron chi connectivity index (χ1n) is 5.33. The van der Waals surface area contributed by atoms with Crippen molar-refractivity contribution in [2.45, 2.75) is 26.2 Å². The number of pyridine rings is 1. The van der Waals surface area contributed by atoms with Gasteiger partial charge in [-0.3, -0.25) is 19.9 Å². The number of ether oxygens (including phenoxy) is 1. The van der Waals surface area contributed by atoms with Crippen molar-refractivity contribution < 1.29 is 14.5 Å². The van der Waals surface area contributed by atoms with Gasteiger partial charge in [0.15, 0.2) is 0 Å². The lowest BCUT2D eigenvalue weighted by molar-refractivity contribution is -0.385. The predicted molar refractivity (Wildman–Crippen MR) is 60.6 cm³/mol. The van der Waals surface area contributed by atoms with Crippen molar-refractivity contribution in [3.05, 3.63) is 34.1 Å². The normalized spacial score (nSPS) is 11.9. The second-order valence-electron chi connectivity index (χ2n) is 3.59. The van der Waals surface area contributed by atoms with Gasteiger partial charge in [0.1, 0.15) is 6.20 Å².